The SMILES string of the molecule is O=C(NCCc1c[nH]c2ccccc12)C1CCN(C(=O)C2CCOCC2)CC1. The minimum atomic E-state index is 0.0155. The summed E-state index contributed by atoms with van der Waals surface area (Å²) >= 11 is 0. The largest absolute Gasteiger partial charge is 0.381 e. The second-order valence-electron chi connectivity index (χ2n) is 7.89. The zero-order valence-electron chi connectivity index (χ0n) is 16.3. The number of nitrogens with one attached hydrogen (secondary N) is 2. The highest BCUT2D eigenvalue weighted by Gasteiger charge is 2.31. The monoisotopic (exact) mass is 383 g/mol. The van der Waals surface area contributed by atoms with Gasteiger partial charge in [-0.2, -0.15) is 0 Å². The van der Waals surface area contributed by atoms with Crippen molar-refractivity contribution in [3.8, 4) is 0 Å². The van der Waals surface area contributed by atoms with E-state index in [4.69, 9.17) is 4.74 Å². The van der Waals surface area contributed by atoms with Crippen LogP contribution in [-0.2, 0) is 20.7 Å². The Balaban J connectivity index is 1.21. The number of hydrogen-bond acceptors (Lipinski definition) is 3. The van der Waals surface area contributed by atoms with Gasteiger partial charge in [-0.05, 0) is 43.7 Å². The van der Waals surface area contributed by atoms with Gasteiger partial charge in [0.1, 0.15) is 0 Å². The minimum absolute atomic E-state index is 0.0155. The zero-order chi connectivity index (χ0) is 19.3. The average molecular weight is 383 g/mol. The molecule has 1 aromatic carbocycles. The van der Waals surface area contributed by atoms with Crippen molar-refractivity contribution in [1.82, 2.24) is 15.2 Å². The molecule has 4 rings (SSSR count). The molecule has 0 aliphatic carbocycles. The lowest BCUT2D eigenvalue weighted by Crippen LogP contribution is -2.46. The summed E-state index contributed by atoms with van der Waals surface area (Å²) in [6, 6.07) is 8.22. The molecule has 28 heavy (non-hydrogen) atoms. The van der Waals surface area contributed by atoms with Crippen LogP contribution in [0.1, 0.15) is 31.2 Å². The molecule has 2 fully saturated rings. The first-order valence-corrected chi connectivity index (χ1v) is 10.4. The number of carbonyl (C=O) groups excluding carboxylic acids is 2. The molecule has 0 saturated carbocycles. The number of nitrogens with zero attached hydrogens (tertiary/aromatic N) is 1. The molecule has 2 saturated heterocycles. The van der Waals surface area contributed by atoms with Crippen molar-refractivity contribution in [1.29, 1.82) is 0 Å². The quantitative estimate of drug-likeness (QED) is 0.833. The van der Waals surface area contributed by atoms with Crippen LogP contribution in [0.4, 0.5) is 0 Å². The molecule has 2 N–H and O–H groups in total. The van der Waals surface area contributed by atoms with E-state index >= 15 is 0 Å². The number of aromatic nitrogens is 1. The molecule has 6 nitrogen and oxygen atoms in total. The minimum Gasteiger partial charge on any atom is -0.381 e. The fourth-order valence-corrected chi connectivity index (χ4v) is 4.37. The molecule has 2 aromatic rings. The number of carbonyl (C=O) groups is 2. The molecule has 0 radical (unpaired) electrons. The summed E-state index contributed by atoms with van der Waals surface area (Å²) in [4.78, 5) is 30.4. The van der Waals surface area contributed by atoms with Crippen molar-refractivity contribution in [2.24, 2.45) is 11.8 Å². The Morgan fingerprint density at radius 3 is 2.61 bits per heavy atom. The summed E-state index contributed by atoms with van der Waals surface area (Å²) in [5.74, 6) is 0.497. The van der Waals surface area contributed by atoms with Gasteiger partial charge in [0.05, 0.1) is 0 Å². The average Bonchev–Trinajstić information content (AvgIpc) is 3.17. The van der Waals surface area contributed by atoms with E-state index in [1.54, 1.807) is 0 Å². The van der Waals surface area contributed by atoms with Crippen molar-refractivity contribution in [2.45, 2.75) is 32.1 Å². The number of para-hydroxylation sites is 1. The van der Waals surface area contributed by atoms with Gasteiger partial charge in [0.2, 0.25) is 11.8 Å². The Labute approximate surface area is 165 Å². The number of amides is 2. The van der Waals surface area contributed by atoms with E-state index in [-0.39, 0.29) is 23.7 Å². The number of rotatable bonds is 5. The molecule has 2 amide bonds. The van der Waals surface area contributed by atoms with Gasteiger partial charge in [-0.15, -0.1) is 0 Å². The number of fused-ring (bicyclic) bond motifs is 1. The number of ether oxygens (including phenoxy) is 1. The third-order valence-electron chi connectivity index (χ3n) is 6.12. The highest BCUT2D eigenvalue weighted by Crippen LogP contribution is 2.23. The number of hydrogen-bond donors (Lipinski definition) is 2. The summed E-state index contributed by atoms with van der Waals surface area (Å²) in [6.45, 7) is 3.40. The fraction of sp³-hybridized carbons (Fsp3) is 0.545. The van der Waals surface area contributed by atoms with Gasteiger partial charge in [0.15, 0.2) is 0 Å². The number of benzene rings is 1. The molecule has 0 unspecified atom stereocenters. The van der Waals surface area contributed by atoms with Crippen LogP contribution in [0.2, 0.25) is 0 Å². The van der Waals surface area contributed by atoms with Crippen LogP contribution in [0.3, 0.4) is 0 Å². The van der Waals surface area contributed by atoms with E-state index in [0.29, 0.717) is 32.8 Å². The molecular weight excluding hydrogens is 354 g/mol. The smallest absolute Gasteiger partial charge is 0.225 e. The van der Waals surface area contributed by atoms with Crippen LogP contribution >= 0.6 is 0 Å². The number of aromatic amines is 1. The van der Waals surface area contributed by atoms with E-state index < -0.39 is 0 Å². The summed E-state index contributed by atoms with van der Waals surface area (Å²) in [6.07, 6.45) is 6.01. The highest BCUT2D eigenvalue weighted by molar-refractivity contribution is 5.83. The van der Waals surface area contributed by atoms with Crippen LogP contribution in [0, 0.1) is 11.8 Å². The number of likely N-dealkylation sites (tertiary alicyclic amines) is 1. The summed E-state index contributed by atoms with van der Waals surface area (Å²) in [5.41, 5.74) is 2.36. The summed E-state index contributed by atoms with van der Waals surface area (Å²) in [7, 11) is 0. The zero-order valence-corrected chi connectivity index (χ0v) is 16.3. The lowest BCUT2D eigenvalue weighted by atomic mass is 9.93. The van der Waals surface area contributed by atoms with E-state index in [0.717, 1.165) is 37.6 Å². The second kappa shape index (κ2) is 8.78. The van der Waals surface area contributed by atoms with Crippen molar-refractivity contribution >= 4 is 22.7 Å². The van der Waals surface area contributed by atoms with E-state index in [9.17, 15) is 9.59 Å². The molecule has 1 aromatic heterocycles. The predicted molar refractivity (Wildman–Crippen MR) is 108 cm³/mol. The van der Waals surface area contributed by atoms with E-state index in [1.807, 2.05) is 23.2 Å². The van der Waals surface area contributed by atoms with Gasteiger partial charge in [-0.25, -0.2) is 0 Å². The Bertz CT molecular complexity index is 817. The van der Waals surface area contributed by atoms with Crippen molar-refractivity contribution in [3.05, 3.63) is 36.0 Å². The molecule has 150 valence electrons. The van der Waals surface area contributed by atoms with Gasteiger partial charge in [-0.3, -0.25) is 9.59 Å². The highest BCUT2D eigenvalue weighted by atomic mass is 16.5. The Hall–Kier alpha value is -2.34. The molecule has 0 atom stereocenters. The van der Waals surface area contributed by atoms with E-state index in [2.05, 4.69) is 22.4 Å². The molecule has 2 aliphatic heterocycles. The Morgan fingerprint density at radius 2 is 1.82 bits per heavy atom. The molecule has 0 spiro atoms. The van der Waals surface area contributed by atoms with Gasteiger partial charge in [-0.1, -0.05) is 18.2 Å². The van der Waals surface area contributed by atoms with Gasteiger partial charge < -0.3 is 19.9 Å². The normalized spacial score (nSPS) is 19.1. The lowest BCUT2D eigenvalue weighted by molar-refractivity contribution is -0.141. The van der Waals surface area contributed by atoms with Crippen molar-refractivity contribution in [3.63, 3.8) is 0 Å². The van der Waals surface area contributed by atoms with Crippen LogP contribution < -0.4 is 5.32 Å². The van der Waals surface area contributed by atoms with Gasteiger partial charge in [0.25, 0.3) is 0 Å². The predicted octanol–water partition coefficient (Wildman–Crippen LogP) is 2.49. The van der Waals surface area contributed by atoms with Crippen molar-refractivity contribution in [2.75, 3.05) is 32.8 Å². The Kier molecular flexibility index (Phi) is 5.95. The first-order chi connectivity index (χ1) is 13.7. The number of H-pyrrole nitrogens is 1. The molecule has 2 aliphatic rings. The lowest BCUT2D eigenvalue weighted by Gasteiger charge is -2.34. The first-order valence-electron chi connectivity index (χ1n) is 10.4. The van der Waals surface area contributed by atoms with Crippen LogP contribution in [0.5, 0.6) is 0 Å². The third kappa shape index (κ3) is 4.22. The standard InChI is InChI=1S/C22H29N3O3/c26-21(23-10-5-18-15-24-20-4-2-1-3-19(18)20)16-6-11-25(12-7-16)22(27)17-8-13-28-14-9-17/h1-4,15-17,24H,5-14H2,(H,23,26). The maximum atomic E-state index is 12.6. The Morgan fingerprint density at radius 1 is 1.07 bits per heavy atom. The molecule has 0 bridgehead atoms. The van der Waals surface area contributed by atoms with Crippen LogP contribution in [0.15, 0.2) is 30.5 Å². The van der Waals surface area contributed by atoms with Gasteiger partial charge in [0, 0.05) is 61.8 Å². The third-order valence-corrected chi connectivity index (χ3v) is 6.12. The maximum absolute atomic E-state index is 12.6. The second-order valence-corrected chi connectivity index (χ2v) is 7.89. The molecule has 6 heteroatoms. The maximum Gasteiger partial charge on any atom is 0.225 e. The summed E-state index contributed by atoms with van der Waals surface area (Å²) in [5, 5.41) is 4.31. The van der Waals surface area contributed by atoms with Crippen LogP contribution in [0.25, 0.3) is 10.9 Å². The number of piperidine rings is 1. The molecular formula is C22H29N3O3. The first kappa shape index (κ1) is 19.0. The summed E-state index contributed by atoms with van der Waals surface area (Å²) < 4.78 is 5.35. The topological polar surface area (TPSA) is 74.4 Å². The van der Waals surface area contributed by atoms with Gasteiger partial charge >= 0.3 is 0 Å². The van der Waals surface area contributed by atoms with Crippen LogP contribution in [-0.4, -0.2) is 54.5 Å². The van der Waals surface area contributed by atoms with Crippen molar-refractivity contribution < 1.29 is 14.3 Å². The van der Waals surface area contributed by atoms with E-state index in [1.165, 1.54) is 10.9 Å². The fourth-order valence-electron chi connectivity index (χ4n) is 4.37. The molecule has 3 heterocycles.